The molecule has 0 saturated carbocycles. The van der Waals surface area contributed by atoms with Crippen LogP contribution in [0.25, 0.3) is 0 Å². The Bertz CT molecular complexity index is 518. The van der Waals surface area contributed by atoms with Gasteiger partial charge in [0, 0.05) is 11.9 Å². The van der Waals surface area contributed by atoms with E-state index >= 15 is 0 Å². The zero-order valence-corrected chi connectivity index (χ0v) is 11.9. The number of hydrogen-bond donors (Lipinski definition) is 1. The highest BCUT2D eigenvalue weighted by atomic mass is 32.2. The van der Waals surface area contributed by atoms with Gasteiger partial charge < -0.3 is 5.32 Å². The number of sulfone groups is 1. The van der Waals surface area contributed by atoms with Crippen molar-refractivity contribution >= 4 is 21.4 Å². The zero-order chi connectivity index (χ0) is 13.9. The maximum atomic E-state index is 11.7. The van der Waals surface area contributed by atoms with Crippen molar-refractivity contribution < 1.29 is 13.2 Å². The van der Waals surface area contributed by atoms with Gasteiger partial charge in [-0.2, -0.15) is 0 Å². The summed E-state index contributed by atoms with van der Waals surface area (Å²) < 4.78 is 22.5. The summed E-state index contributed by atoms with van der Waals surface area (Å²) >= 11 is 0. The Balaban J connectivity index is 2.77. The fourth-order valence-corrected chi connectivity index (χ4v) is 1.84. The molecule has 4 nitrogen and oxygen atoms in total. The van der Waals surface area contributed by atoms with Crippen LogP contribution in [0.5, 0.6) is 0 Å². The first-order valence-corrected chi connectivity index (χ1v) is 7.77. The number of amides is 1. The topological polar surface area (TPSA) is 63.2 Å². The highest BCUT2D eigenvalue weighted by molar-refractivity contribution is 7.92. The van der Waals surface area contributed by atoms with E-state index in [1.165, 1.54) is 12.5 Å². The molecule has 0 aliphatic heterocycles. The minimum Gasteiger partial charge on any atom is -0.325 e. The van der Waals surface area contributed by atoms with Crippen LogP contribution in [0.1, 0.15) is 32.3 Å². The molecule has 1 amide bonds. The third kappa shape index (κ3) is 3.84. The normalized spacial score (nSPS) is 13.4. The standard InChI is InChI=1S/C13H19NO3S/c1-9(2)11-5-7-12(8-6-11)14-13(15)10(3)18(4,16)17/h5-10H,1-4H3,(H,14,15). The van der Waals surface area contributed by atoms with Crippen molar-refractivity contribution in [2.75, 3.05) is 11.6 Å². The van der Waals surface area contributed by atoms with Crippen molar-refractivity contribution in [3.8, 4) is 0 Å². The predicted molar refractivity (Wildman–Crippen MR) is 73.5 cm³/mol. The Labute approximate surface area is 108 Å². The lowest BCUT2D eigenvalue weighted by Crippen LogP contribution is -2.31. The van der Waals surface area contributed by atoms with Crippen LogP contribution in [0.4, 0.5) is 5.69 Å². The molecule has 1 N–H and O–H groups in total. The van der Waals surface area contributed by atoms with Crippen molar-refractivity contribution in [2.45, 2.75) is 31.9 Å². The minimum absolute atomic E-state index is 0.421. The first kappa shape index (κ1) is 14.7. The maximum Gasteiger partial charge on any atom is 0.242 e. The molecule has 0 spiro atoms. The van der Waals surface area contributed by atoms with Gasteiger partial charge in [-0.25, -0.2) is 8.42 Å². The second-order valence-corrected chi connectivity index (χ2v) is 7.10. The Kier molecular flexibility index (Phi) is 4.51. The van der Waals surface area contributed by atoms with E-state index in [9.17, 15) is 13.2 Å². The highest BCUT2D eigenvalue weighted by Gasteiger charge is 2.23. The Hall–Kier alpha value is -1.36. The summed E-state index contributed by atoms with van der Waals surface area (Å²) in [6, 6.07) is 7.40. The lowest BCUT2D eigenvalue weighted by atomic mass is 10.0. The van der Waals surface area contributed by atoms with Gasteiger partial charge in [0.05, 0.1) is 0 Å². The molecule has 0 saturated heterocycles. The third-order valence-corrected chi connectivity index (χ3v) is 4.35. The molecule has 1 aromatic carbocycles. The monoisotopic (exact) mass is 269 g/mol. The summed E-state index contributed by atoms with van der Waals surface area (Å²) in [7, 11) is -3.36. The molecule has 1 aromatic rings. The molecule has 0 bridgehead atoms. The van der Waals surface area contributed by atoms with Gasteiger partial charge in [0.2, 0.25) is 5.91 Å². The number of carbonyl (C=O) groups excluding carboxylic acids is 1. The Morgan fingerprint density at radius 3 is 2.00 bits per heavy atom. The van der Waals surface area contributed by atoms with Gasteiger partial charge in [0.25, 0.3) is 0 Å². The minimum atomic E-state index is -3.36. The molecule has 0 aliphatic rings. The van der Waals surface area contributed by atoms with Gasteiger partial charge >= 0.3 is 0 Å². The van der Waals surface area contributed by atoms with E-state index in [0.29, 0.717) is 11.6 Å². The summed E-state index contributed by atoms with van der Waals surface area (Å²) in [5, 5.41) is 1.56. The average Bonchev–Trinajstić information content (AvgIpc) is 2.27. The molecule has 1 unspecified atom stereocenters. The molecule has 100 valence electrons. The van der Waals surface area contributed by atoms with Crippen molar-refractivity contribution in [2.24, 2.45) is 0 Å². The number of carbonyl (C=O) groups is 1. The molecular weight excluding hydrogens is 250 g/mol. The Morgan fingerprint density at radius 1 is 1.11 bits per heavy atom. The van der Waals surface area contributed by atoms with Crippen molar-refractivity contribution in [3.05, 3.63) is 29.8 Å². The first-order valence-electron chi connectivity index (χ1n) is 5.81. The smallest absolute Gasteiger partial charge is 0.242 e. The molecule has 0 radical (unpaired) electrons. The number of hydrogen-bond acceptors (Lipinski definition) is 3. The number of benzene rings is 1. The van der Waals surface area contributed by atoms with Gasteiger partial charge in [-0.15, -0.1) is 0 Å². The van der Waals surface area contributed by atoms with E-state index in [1.807, 2.05) is 12.1 Å². The molecule has 18 heavy (non-hydrogen) atoms. The van der Waals surface area contributed by atoms with Crippen LogP contribution < -0.4 is 5.32 Å². The second kappa shape index (κ2) is 5.52. The fraction of sp³-hybridized carbons (Fsp3) is 0.462. The summed E-state index contributed by atoms with van der Waals surface area (Å²) in [6.45, 7) is 5.55. The van der Waals surface area contributed by atoms with Crippen LogP contribution in [0.3, 0.4) is 0 Å². The van der Waals surface area contributed by atoms with Crippen LogP contribution in [-0.2, 0) is 14.6 Å². The molecule has 0 heterocycles. The maximum absolute atomic E-state index is 11.7. The van der Waals surface area contributed by atoms with E-state index in [-0.39, 0.29) is 0 Å². The summed E-state index contributed by atoms with van der Waals surface area (Å²) in [5.74, 6) is -0.0838. The molecule has 0 aromatic heterocycles. The van der Waals surface area contributed by atoms with Gasteiger partial charge in [-0.3, -0.25) is 4.79 Å². The van der Waals surface area contributed by atoms with Crippen LogP contribution in [0.15, 0.2) is 24.3 Å². The van der Waals surface area contributed by atoms with E-state index < -0.39 is 21.0 Å². The molecule has 1 rings (SSSR count). The number of rotatable bonds is 4. The van der Waals surface area contributed by atoms with E-state index in [0.717, 1.165) is 6.26 Å². The quantitative estimate of drug-likeness (QED) is 0.911. The van der Waals surface area contributed by atoms with E-state index in [2.05, 4.69) is 19.2 Å². The van der Waals surface area contributed by atoms with Gasteiger partial charge in [-0.05, 0) is 30.5 Å². The van der Waals surface area contributed by atoms with Crippen LogP contribution >= 0.6 is 0 Å². The van der Waals surface area contributed by atoms with Crippen LogP contribution in [-0.4, -0.2) is 25.8 Å². The third-order valence-electron chi connectivity index (χ3n) is 2.86. The van der Waals surface area contributed by atoms with Crippen LogP contribution in [0, 0.1) is 0 Å². The van der Waals surface area contributed by atoms with Crippen molar-refractivity contribution in [1.82, 2.24) is 0 Å². The second-order valence-electron chi connectivity index (χ2n) is 4.74. The Morgan fingerprint density at radius 2 is 1.61 bits per heavy atom. The van der Waals surface area contributed by atoms with E-state index in [4.69, 9.17) is 0 Å². The average molecular weight is 269 g/mol. The number of anilines is 1. The molecule has 5 heteroatoms. The lowest BCUT2D eigenvalue weighted by Gasteiger charge is -2.11. The van der Waals surface area contributed by atoms with Gasteiger partial charge in [-0.1, -0.05) is 26.0 Å². The zero-order valence-electron chi connectivity index (χ0n) is 11.1. The van der Waals surface area contributed by atoms with E-state index in [1.54, 1.807) is 12.1 Å². The largest absolute Gasteiger partial charge is 0.325 e. The molecule has 0 fully saturated rings. The van der Waals surface area contributed by atoms with Gasteiger partial charge in [0.1, 0.15) is 5.25 Å². The predicted octanol–water partition coefficient (Wildman–Crippen LogP) is 2.18. The fourth-order valence-electron chi connectivity index (χ4n) is 1.39. The van der Waals surface area contributed by atoms with Crippen molar-refractivity contribution in [3.63, 3.8) is 0 Å². The SMILES string of the molecule is CC(C)c1ccc(NC(=O)C(C)S(C)(=O)=O)cc1. The lowest BCUT2D eigenvalue weighted by molar-refractivity contribution is -0.115. The summed E-state index contributed by atoms with van der Waals surface area (Å²) in [6.07, 6.45) is 1.05. The number of nitrogens with one attached hydrogen (secondary N) is 1. The van der Waals surface area contributed by atoms with Gasteiger partial charge in [0.15, 0.2) is 9.84 Å². The highest BCUT2D eigenvalue weighted by Crippen LogP contribution is 2.17. The molecule has 1 atom stereocenters. The molecule has 0 aliphatic carbocycles. The first-order chi connectivity index (χ1) is 8.21. The molecular formula is C13H19NO3S. The summed E-state index contributed by atoms with van der Waals surface area (Å²) in [4.78, 5) is 11.7. The summed E-state index contributed by atoms with van der Waals surface area (Å²) in [5.41, 5.74) is 1.78. The van der Waals surface area contributed by atoms with Crippen LogP contribution in [0.2, 0.25) is 0 Å². The van der Waals surface area contributed by atoms with Crippen molar-refractivity contribution in [1.29, 1.82) is 0 Å².